The van der Waals surface area contributed by atoms with Crippen molar-refractivity contribution in [2.75, 3.05) is 16.4 Å². The number of fused-ring (bicyclic) bond motifs is 1. The molecule has 0 unspecified atom stereocenters. The molecule has 1 aromatic carbocycles. The molecule has 0 spiro atoms. The van der Waals surface area contributed by atoms with Crippen LogP contribution in [0, 0.1) is 5.41 Å². The maximum absolute atomic E-state index is 12.8. The van der Waals surface area contributed by atoms with Crippen molar-refractivity contribution in [1.29, 1.82) is 5.41 Å². The molecule has 2 saturated heterocycles. The third-order valence-corrected chi connectivity index (χ3v) is 6.67. The first kappa shape index (κ1) is 14.7. The fourth-order valence-corrected chi connectivity index (χ4v) is 6.43. The van der Waals surface area contributed by atoms with E-state index >= 15 is 0 Å². The van der Waals surface area contributed by atoms with Gasteiger partial charge in [0, 0.05) is 10.9 Å². The molecule has 4 nitrogen and oxygen atoms in total. The zero-order valence-corrected chi connectivity index (χ0v) is 12.2. The minimum absolute atomic E-state index is 0.0276. The van der Waals surface area contributed by atoms with E-state index in [1.54, 1.807) is 0 Å². The van der Waals surface area contributed by atoms with Crippen LogP contribution in [0.25, 0.3) is 0 Å². The van der Waals surface area contributed by atoms with Crippen molar-refractivity contribution in [3.8, 4) is 0 Å². The Morgan fingerprint density at radius 3 is 2.67 bits per heavy atom. The van der Waals surface area contributed by atoms with Crippen molar-refractivity contribution < 1.29 is 21.6 Å². The molecule has 0 saturated carbocycles. The van der Waals surface area contributed by atoms with Crippen LogP contribution in [-0.2, 0) is 16.0 Å². The van der Waals surface area contributed by atoms with Crippen molar-refractivity contribution in [3.05, 3.63) is 29.8 Å². The van der Waals surface area contributed by atoms with Crippen LogP contribution in [0.15, 0.2) is 24.3 Å². The SMILES string of the molecule is N=C1S[C@H]2CS(=O)(=O)C[C@H]2N1c1cccc(C(F)(F)F)c1. The van der Waals surface area contributed by atoms with Crippen molar-refractivity contribution in [3.63, 3.8) is 0 Å². The summed E-state index contributed by atoms with van der Waals surface area (Å²) in [6.07, 6.45) is -4.47. The predicted octanol–water partition coefficient (Wildman–Crippen LogP) is 2.36. The number of nitrogens with zero attached hydrogens (tertiary/aromatic N) is 1. The number of halogens is 3. The molecule has 21 heavy (non-hydrogen) atoms. The maximum Gasteiger partial charge on any atom is 0.416 e. The Labute approximate surface area is 123 Å². The van der Waals surface area contributed by atoms with E-state index in [1.165, 1.54) is 17.0 Å². The maximum atomic E-state index is 12.8. The third kappa shape index (κ3) is 2.64. The van der Waals surface area contributed by atoms with Crippen LogP contribution in [0.2, 0.25) is 0 Å². The molecule has 2 heterocycles. The normalized spacial score (nSPS) is 28.0. The van der Waals surface area contributed by atoms with Gasteiger partial charge >= 0.3 is 6.18 Å². The smallest absolute Gasteiger partial charge is 0.316 e. The van der Waals surface area contributed by atoms with Gasteiger partial charge in [-0.1, -0.05) is 17.8 Å². The second-order valence-electron chi connectivity index (χ2n) is 5.02. The van der Waals surface area contributed by atoms with E-state index in [4.69, 9.17) is 5.41 Å². The van der Waals surface area contributed by atoms with E-state index in [1.807, 2.05) is 0 Å². The first-order valence-electron chi connectivity index (χ1n) is 6.09. The Hall–Kier alpha value is -1.22. The molecule has 2 aliphatic rings. The van der Waals surface area contributed by atoms with Gasteiger partial charge in [0.15, 0.2) is 15.0 Å². The third-order valence-electron chi connectivity index (χ3n) is 3.54. The molecule has 0 amide bonds. The first-order valence-corrected chi connectivity index (χ1v) is 8.80. The van der Waals surface area contributed by atoms with Crippen molar-refractivity contribution in [2.24, 2.45) is 0 Å². The largest absolute Gasteiger partial charge is 0.416 e. The van der Waals surface area contributed by atoms with Gasteiger partial charge in [0.05, 0.1) is 23.1 Å². The highest BCUT2D eigenvalue weighted by Gasteiger charge is 2.48. The summed E-state index contributed by atoms with van der Waals surface area (Å²) in [4.78, 5) is 1.40. The topological polar surface area (TPSA) is 61.2 Å². The molecule has 2 atom stereocenters. The fraction of sp³-hybridized carbons (Fsp3) is 0.417. The number of hydrogen-bond acceptors (Lipinski definition) is 4. The summed E-state index contributed by atoms with van der Waals surface area (Å²) in [6.45, 7) is 0. The number of hydrogen-bond donors (Lipinski definition) is 1. The first-order chi connectivity index (χ1) is 9.67. The standard InChI is InChI=1S/C12H11F3N2O2S2/c13-12(14,15)7-2-1-3-8(4-7)17-9-5-21(18,19)6-10(9)20-11(17)16/h1-4,9-10,16H,5-6H2/t9-,10+/m1/s1. The highest BCUT2D eigenvalue weighted by Crippen LogP contribution is 2.41. The highest BCUT2D eigenvalue weighted by molar-refractivity contribution is 8.15. The van der Waals surface area contributed by atoms with Crippen LogP contribution in [0.1, 0.15) is 5.56 Å². The fourth-order valence-electron chi connectivity index (χ4n) is 2.64. The lowest BCUT2D eigenvalue weighted by Gasteiger charge is -2.24. The molecule has 9 heteroatoms. The van der Waals surface area contributed by atoms with Crippen LogP contribution in [-0.4, -0.2) is 36.4 Å². The van der Waals surface area contributed by atoms with Gasteiger partial charge in [0.1, 0.15) is 0 Å². The zero-order chi connectivity index (χ0) is 15.4. The number of sulfone groups is 1. The van der Waals surface area contributed by atoms with E-state index in [0.717, 1.165) is 23.9 Å². The summed E-state index contributed by atoms with van der Waals surface area (Å²) in [7, 11) is -3.19. The average molecular weight is 336 g/mol. The number of nitrogens with one attached hydrogen (secondary N) is 1. The van der Waals surface area contributed by atoms with Crippen molar-refractivity contribution in [2.45, 2.75) is 17.5 Å². The molecule has 0 radical (unpaired) electrons. The van der Waals surface area contributed by atoms with E-state index in [0.29, 0.717) is 0 Å². The Balaban J connectivity index is 1.98. The van der Waals surface area contributed by atoms with Gasteiger partial charge in [-0.3, -0.25) is 5.41 Å². The number of alkyl halides is 3. The summed E-state index contributed by atoms with van der Waals surface area (Å²) in [6, 6.07) is 4.20. The second kappa shape index (κ2) is 4.64. The zero-order valence-electron chi connectivity index (χ0n) is 10.6. The lowest BCUT2D eigenvalue weighted by molar-refractivity contribution is -0.137. The molecular formula is C12H11F3N2O2S2. The Bertz CT molecular complexity index is 703. The van der Waals surface area contributed by atoms with E-state index in [2.05, 4.69) is 0 Å². The van der Waals surface area contributed by atoms with Gasteiger partial charge in [-0.2, -0.15) is 13.2 Å². The predicted molar refractivity (Wildman–Crippen MR) is 75.5 cm³/mol. The van der Waals surface area contributed by atoms with Crippen LogP contribution >= 0.6 is 11.8 Å². The Morgan fingerprint density at radius 2 is 2.00 bits per heavy atom. The number of amidine groups is 1. The Kier molecular flexibility index (Phi) is 3.25. The molecule has 1 N–H and O–H groups in total. The van der Waals surface area contributed by atoms with E-state index in [9.17, 15) is 21.6 Å². The summed E-state index contributed by atoms with van der Waals surface area (Å²) >= 11 is 1.10. The van der Waals surface area contributed by atoms with Crippen molar-refractivity contribution >= 4 is 32.5 Å². The van der Waals surface area contributed by atoms with Crippen LogP contribution in [0.3, 0.4) is 0 Å². The van der Waals surface area contributed by atoms with Gasteiger partial charge in [-0.25, -0.2) is 8.42 Å². The Morgan fingerprint density at radius 1 is 1.29 bits per heavy atom. The minimum atomic E-state index is -4.47. The molecular weight excluding hydrogens is 325 g/mol. The summed E-state index contributed by atoms with van der Waals surface area (Å²) in [5, 5.41) is 7.73. The molecule has 0 aromatic heterocycles. The van der Waals surface area contributed by atoms with Crippen LogP contribution in [0.5, 0.6) is 0 Å². The number of benzene rings is 1. The molecule has 2 aliphatic heterocycles. The molecule has 3 rings (SSSR count). The summed E-state index contributed by atoms with van der Waals surface area (Å²) in [5.41, 5.74) is -0.589. The number of thioether (sulfide) groups is 1. The number of anilines is 1. The quantitative estimate of drug-likeness (QED) is 0.855. The van der Waals surface area contributed by atoms with Gasteiger partial charge in [-0.15, -0.1) is 0 Å². The highest BCUT2D eigenvalue weighted by atomic mass is 32.2. The van der Waals surface area contributed by atoms with Gasteiger partial charge < -0.3 is 4.90 Å². The number of rotatable bonds is 1. The lowest BCUT2D eigenvalue weighted by Crippen LogP contribution is -2.37. The van der Waals surface area contributed by atoms with Gasteiger partial charge in [-0.05, 0) is 18.2 Å². The molecule has 0 aliphatic carbocycles. The molecule has 0 bridgehead atoms. The molecule has 114 valence electrons. The van der Waals surface area contributed by atoms with Gasteiger partial charge in [0.2, 0.25) is 0 Å². The van der Waals surface area contributed by atoms with E-state index < -0.39 is 27.6 Å². The minimum Gasteiger partial charge on any atom is -0.316 e. The summed E-state index contributed by atoms with van der Waals surface area (Å²) < 4.78 is 61.6. The van der Waals surface area contributed by atoms with Gasteiger partial charge in [0.25, 0.3) is 0 Å². The second-order valence-corrected chi connectivity index (χ2v) is 8.41. The van der Waals surface area contributed by atoms with E-state index in [-0.39, 0.29) is 27.6 Å². The lowest BCUT2D eigenvalue weighted by atomic mass is 10.1. The van der Waals surface area contributed by atoms with Crippen LogP contribution in [0.4, 0.5) is 18.9 Å². The van der Waals surface area contributed by atoms with Crippen molar-refractivity contribution in [1.82, 2.24) is 0 Å². The molecule has 1 aromatic rings. The van der Waals surface area contributed by atoms with Crippen LogP contribution < -0.4 is 4.90 Å². The average Bonchev–Trinajstić information content (AvgIpc) is 2.78. The monoisotopic (exact) mass is 336 g/mol. The summed E-state index contributed by atoms with van der Waals surface area (Å²) in [5.74, 6) is -0.149. The molecule has 2 fully saturated rings.